The lowest BCUT2D eigenvalue weighted by Crippen LogP contribution is -2.25. The highest BCUT2D eigenvalue weighted by atomic mass is 32.1. The van der Waals surface area contributed by atoms with Crippen molar-refractivity contribution in [3.8, 4) is 0 Å². The molecule has 0 amide bonds. The molecule has 1 fully saturated rings. The Morgan fingerprint density at radius 1 is 1.53 bits per heavy atom. The molecule has 0 aliphatic carbocycles. The van der Waals surface area contributed by atoms with Crippen molar-refractivity contribution in [3.63, 3.8) is 0 Å². The van der Waals surface area contributed by atoms with Crippen LogP contribution < -0.4 is 0 Å². The van der Waals surface area contributed by atoms with Gasteiger partial charge in [0.1, 0.15) is 5.69 Å². The minimum atomic E-state index is -0.864. The molecule has 1 unspecified atom stereocenters. The molecule has 1 aliphatic heterocycles. The van der Waals surface area contributed by atoms with E-state index in [9.17, 15) is 9.90 Å². The van der Waals surface area contributed by atoms with Crippen LogP contribution in [-0.2, 0) is 11.3 Å². The lowest BCUT2D eigenvalue weighted by Gasteiger charge is -2.23. The summed E-state index contributed by atoms with van der Waals surface area (Å²) in [6.45, 7) is 3.48. The fourth-order valence-corrected chi connectivity index (χ4v) is 3.66. The first-order chi connectivity index (χ1) is 9.15. The van der Waals surface area contributed by atoms with Gasteiger partial charge in [-0.1, -0.05) is 0 Å². The molecule has 2 aromatic rings. The summed E-state index contributed by atoms with van der Waals surface area (Å²) in [7, 11) is 0. The summed E-state index contributed by atoms with van der Waals surface area (Å²) in [5, 5.41) is 9.33. The number of hydrogen-bond donors (Lipinski definition) is 1. The maximum absolute atomic E-state index is 11.4. The molecule has 1 N–H and O–H groups in total. The Balaban J connectivity index is 1.98. The van der Waals surface area contributed by atoms with Crippen LogP contribution in [0.5, 0.6) is 0 Å². The number of carbonyl (C=O) groups is 1. The highest BCUT2D eigenvalue weighted by molar-refractivity contribution is 7.19. The Morgan fingerprint density at radius 3 is 3.05 bits per heavy atom. The van der Waals surface area contributed by atoms with Crippen molar-refractivity contribution in [2.45, 2.75) is 38.8 Å². The number of rotatable bonds is 3. The standard InChI is InChI=1S/C14H17NO3S/c1-9-6-11-13(19-9)7-12(14(16)17)15(11)8-10-4-2-3-5-18-10/h6-7,10H,2-5,8H2,1H3,(H,16,17). The maximum atomic E-state index is 11.4. The van der Waals surface area contributed by atoms with Crippen molar-refractivity contribution in [1.82, 2.24) is 4.57 Å². The van der Waals surface area contributed by atoms with Crippen molar-refractivity contribution < 1.29 is 14.6 Å². The summed E-state index contributed by atoms with van der Waals surface area (Å²) in [4.78, 5) is 12.6. The summed E-state index contributed by atoms with van der Waals surface area (Å²) in [5.74, 6) is -0.864. The smallest absolute Gasteiger partial charge is 0.352 e. The third kappa shape index (κ3) is 2.40. The zero-order valence-electron chi connectivity index (χ0n) is 10.9. The number of hydrogen-bond acceptors (Lipinski definition) is 3. The Bertz CT molecular complexity index is 608. The number of carboxylic acids is 1. The highest BCUT2D eigenvalue weighted by Gasteiger charge is 2.21. The van der Waals surface area contributed by atoms with Crippen LogP contribution in [0.4, 0.5) is 0 Å². The molecule has 0 aromatic carbocycles. The molecule has 0 spiro atoms. The van der Waals surface area contributed by atoms with E-state index >= 15 is 0 Å². The molecule has 0 saturated carbocycles. The lowest BCUT2D eigenvalue weighted by molar-refractivity contribution is 0.00612. The van der Waals surface area contributed by atoms with E-state index in [1.54, 1.807) is 17.4 Å². The number of fused-ring (bicyclic) bond motifs is 1. The molecule has 3 heterocycles. The topological polar surface area (TPSA) is 51.5 Å². The van der Waals surface area contributed by atoms with Crippen LogP contribution in [0.25, 0.3) is 10.2 Å². The third-order valence-corrected chi connectivity index (χ3v) is 4.58. The van der Waals surface area contributed by atoms with Gasteiger partial charge < -0.3 is 14.4 Å². The first-order valence-electron chi connectivity index (χ1n) is 6.59. The average Bonchev–Trinajstić information content (AvgIpc) is 2.89. The summed E-state index contributed by atoms with van der Waals surface area (Å²) in [6.07, 6.45) is 3.44. The lowest BCUT2D eigenvalue weighted by atomic mass is 10.1. The van der Waals surface area contributed by atoms with Crippen LogP contribution in [0, 0.1) is 6.92 Å². The Labute approximate surface area is 115 Å². The monoisotopic (exact) mass is 279 g/mol. The van der Waals surface area contributed by atoms with Gasteiger partial charge >= 0.3 is 5.97 Å². The number of carboxylic acid groups (broad SMARTS) is 1. The van der Waals surface area contributed by atoms with E-state index in [0.29, 0.717) is 12.2 Å². The van der Waals surface area contributed by atoms with Gasteiger partial charge in [0, 0.05) is 18.0 Å². The summed E-state index contributed by atoms with van der Waals surface area (Å²) in [6, 6.07) is 3.84. The molecule has 0 radical (unpaired) electrons. The molecule has 1 saturated heterocycles. The molecule has 1 atom stereocenters. The third-order valence-electron chi connectivity index (χ3n) is 3.59. The Hall–Kier alpha value is -1.33. The van der Waals surface area contributed by atoms with E-state index in [1.807, 2.05) is 11.5 Å². The molecule has 19 heavy (non-hydrogen) atoms. The molecule has 4 nitrogen and oxygen atoms in total. The predicted molar refractivity (Wildman–Crippen MR) is 75.1 cm³/mol. The van der Waals surface area contributed by atoms with Crippen molar-refractivity contribution in [3.05, 3.63) is 22.7 Å². The van der Waals surface area contributed by atoms with Crippen LogP contribution >= 0.6 is 11.3 Å². The number of nitrogens with zero attached hydrogens (tertiary/aromatic N) is 1. The SMILES string of the molecule is Cc1cc2c(cc(C(=O)O)n2CC2CCCCO2)s1. The summed E-state index contributed by atoms with van der Waals surface area (Å²) in [5.41, 5.74) is 1.39. The van der Waals surface area contributed by atoms with Gasteiger partial charge in [0.15, 0.2) is 0 Å². The Kier molecular flexibility index (Phi) is 3.33. The van der Waals surface area contributed by atoms with E-state index in [4.69, 9.17) is 4.74 Å². The minimum absolute atomic E-state index is 0.141. The summed E-state index contributed by atoms with van der Waals surface area (Å²) >= 11 is 1.64. The van der Waals surface area contributed by atoms with E-state index in [-0.39, 0.29) is 6.10 Å². The van der Waals surface area contributed by atoms with E-state index in [1.165, 1.54) is 11.3 Å². The van der Waals surface area contributed by atoms with Gasteiger partial charge in [-0.2, -0.15) is 0 Å². The molecule has 102 valence electrons. The van der Waals surface area contributed by atoms with Crippen molar-refractivity contribution in [2.75, 3.05) is 6.61 Å². The van der Waals surface area contributed by atoms with E-state index < -0.39 is 5.97 Å². The fraction of sp³-hybridized carbons (Fsp3) is 0.500. The van der Waals surface area contributed by atoms with Gasteiger partial charge in [-0.25, -0.2) is 4.79 Å². The zero-order valence-corrected chi connectivity index (χ0v) is 11.7. The summed E-state index contributed by atoms with van der Waals surface area (Å²) < 4.78 is 8.68. The van der Waals surface area contributed by atoms with Crippen molar-refractivity contribution in [1.29, 1.82) is 0 Å². The number of ether oxygens (including phenoxy) is 1. The zero-order chi connectivity index (χ0) is 13.4. The number of aromatic nitrogens is 1. The normalized spacial score (nSPS) is 19.9. The molecule has 5 heteroatoms. The predicted octanol–water partition coefficient (Wildman–Crippen LogP) is 3.28. The second-order valence-electron chi connectivity index (χ2n) is 5.04. The largest absolute Gasteiger partial charge is 0.477 e. The molecule has 0 bridgehead atoms. The van der Waals surface area contributed by atoms with Gasteiger partial charge in [-0.15, -0.1) is 11.3 Å². The fourth-order valence-electron chi connectivity index (χ4n) is 2.69. The van der Waals surface area contributed by atoms with Gasteiger partial charge in [0.2, 0.25) is 0 Å². The van der Waals surface area contributed by atoms with Crippen LogP contribution in [0.15, 0.2) is 12.1 Å². The molecular formula is C14H17NO3S. The average molecular weight is 279 g/mol. The Morgan fingerprint density at radius 2 is 2.37 bits per heavy atom. The van der Waals surface area contributed by atoms with Gasteiger partial charge in [-0.05, 0) is 38.3 Å². The second kappa shape index (κ2) is 4.98. The molecule has 3 rings (SSSR count). The van der Waals surface area contributed by atoms with Crippen LogP contribution in [0.3, 0.4) is 0 Å². The molecular weight excluding hydrogens is 262 g/mol. The first kappa shape index (κ1) is 12.7. The first-order valence-corrected chi connectivity index (χ1v) is 7.41. The van der Waals surface area contributed by atoms with Crippen LogP contribution in [0.1, 0.15) is 34.6 Å². The minimum Gasteiger partial charge on any atom is -0.477 e. The highest BCUT2D eigenvalue weighted by Crippen LogP contribution is 2.30. The number of aryl methyl sites for hydroxylation is 1. The van der Waals surface area contributed by atoms with E-state index in [0.717, 1.165) is 29.7 Å². The van der Waals surface area contributed by atoms with Crippen molar-refractivity contribution >= 4 is 27.5 Å². The second-order valence-corrected chi connectivity index (χ2v) is 6.33. The molecule has 2 aromatic heterocycles. The maximum Gasteiger partial charge on any atom is 0.352 e. The van der Waals surface area contributed by atoms with Crippen molar-refractivity contribution in [2.24, 2.45) is 0 Å². The van der Waals surface area contributed by atoms with E-state index in [2.05, 4.69) is 6.07 Å². The number of thiophene rings is 1. The van der Waals surface area contributed by atoms with Gasteiger partial charge in [-0.3, -0.25) is 0 Å². The molecule has 1 aliphatic rings. The van der Waals surface area contributed by atoms with Gasteiger partial charge in [0.25, 0.3) is 0 Å². The van der Waals surface area contributed by atoms with Gasteiger partial charge in [0.05, 0.1) is 16.3 Å². The van der Waals surface area contributed by atoms with Crippen LogP contribution in [-0.4, -0.2) is 28.4 Å². The quantitative estimate of drug-likeness (QED) is 0.938. The van der Waals surface area contributed by atoms with Crippen LogP contribution in [0.2, 0.25) is 0 Å². The number of aromatic carboxylic acids is 1.